The zero-order valence-electron chi connectivity index (χ0n) is 10.6. The maximum absolute atomic E-state index is 11.7. The van der Waals surface area contributed by atoms with Gasteiger partial charge in [-0.25, -0.2) is 0 Å². The van der Waals surface area contributed by atoms with E-state index in [1.54, 1.807) is 30.1 Å². The molecule has 0 unspecified atom stereocenters. The standard InChI is InChI=1S/C13H17Cl2NO2/c1-3-4-7-16(2)13(17)9-18-12-8-10(14)5-6-11(12)15/h5-6,8H,3-4,7,9H2,1-2H3. The molecule has 1 aromatic carbocycles. The van der Waals surface area contributed by atoms with Crippen molar-refractivity contribution in [1.82, 2.24) is 4.90 Å². The maximum Gasteiger partial charge on any atom is 0.260 e. The third kappa shape index (κ3) is 4.75. The van der Waals surface area contributed by atoms with Crippen molar-refractivity contribution in [3.63, 3.8) is 0 Å². The molecule has 0 saturated heterocycles. The molecule has 0 atom stereocenters. The van der Waals surface area contributed by atoms with Gasteiger partial charge in [0.15, 0.2) is 6.61 Å². The third-order valence-corrected chi connectivity index (χ3v) is 3.06. The number of carbonyl (C=O) groups excluding carboxylic acids is 1. The molecule has 0 aliphatic heterocycles. The van der Waals surface area contributed by atoms with Gasteiger partial charge in [0.2, 0.25) is 0 Å². The Morgan fingerprint density at radius 2 is 2.11 bits per heavy atom. The van der Waals surface area contributed by atoms with E-state index in [1.807, 2.05) is 0 Å². The first kappa shape index (κ1) is 15.1. The molecule has 0 N–H and O–H groups in total. The van der Waals surface area contributed by atoms with Gasteiger partial charge in [0, 0.05) is 24.7 Å². The molecule has 18 heavy (non-hydrogen) atoms. The summed E-state index contributed by atoms with van der Waals surface area (Å²) in [7, 11) is 1.76. The zero-order chi connectivity index (χ0) is 13.5. The molecule has 0 aliphatic carbocycles. The van der Waals surface area contributed by atoms with Crippen molar-refractivity contribution in [1.29, 1.82) is 0 Å². The van der Waals surface area contributed by atoms with E-state index in [9.17, 15) is 4.79 Å². The van der Waals surface area contributed by atoms with E-state index in [0.717, 1.165) is 19.4 Å². The maximum atomic E-state index is 11.7. The molecule has 0 spiro atoms. The topological polar surface area (TPSA) is 29.5 Å². The fourth-order valence-corrected chi connectivity index (χ4v) is 1.69. The van der Waals surface area contributed by atoms with Crippen LogP contribution in [0.3, 0.4) is 0 Å². The smallest absolute Gasteiger partial charge is 0.260 e. The first-order valence-electron chi connectivity index (χ1n) is 5.86. The van der Waals surface area contributed by atoms with Gasteiger partial charge in [0.1, 0.15) is 5.75 Å². The van der Waals surface area contributed by atoms with Crippen LogP contribution in [0.15, 0.2) is 18.2 Å². The van der Waals surface area contributed by atoms with Gasteiger partial charge in [-0.3, -0.25) is 4.79 Å². The molecular weight excluding hydrogens is 273 g/mol. The van der Waals surface area contributed by atoms with E-state index >= 15 is 0 Å². The number of nitrogens with zero attached hydrogens (tertiary/aromatic N) is 1. The molecule has 0 fully saturated rings. The van der Waals surface area contributed by atoms with E-state index in [2.05, 4.69) is 6.92 Å². The van der Waals surface area contributed by atoms with Crippen LogP contribution in [0.5, 0.6) is 5.75 Å². The first-order chi connectivity index (χ1) is 8.54. The van der Waals surface area contributed by atoms with Gasteiger partial charge in [-0.1, -0.05) is 36.5 Å². The normalized spacial score (nSPS) is 10.2. The van der Waals surface area contributed by atoms with E-state index < -0.39 is 0 Å². The van der Waals surface area contributed by atoms with Crippen molar-refractivity contribution >= 4 is 29.1 Å². The third-order valence-electron chi connectivity index (χ3n) is 2.52. The molecular formula is C13H17Cl2NO2. The van der Waals surface area contributed by atoms with Crippen LogP contribution in [-0.2, 0) is 4.79 Å². The summed E-state index contributed by atoms with van der Waals surface area (Å²) in [6, 6.07) is 4.92. The van der Waals surface area contributed by atoms with Gasteiger partial charge < -0.3 is 9.64 Å². The van der Waals surface area contributed by atoms with Crippen LogP contribution in [0.2, 0.25) is 10.0 Å². The van der Waals surface area contributed by atoms with Crippen molar-refractivity contribution in [2.75, 3.05) is 20.2 Å². The quantitative estimate of drug-likeness (QED) is 0.800. The number of ether oxygens (including phenoxy) is 1. The molecule has 0 aromatic heterocycles. The second-order valence-corrected chi connectivity index (χ2v) is 4.88. The van der Waals surface area contributed by atoms with Gasteiger partial charge in [-0.15, -0.1) is 0 Å². The molecule has 1 amide bonds. The van der Waals surface area contributed by atoms with Crippen molar-refractivity contribution in [3.05, 3.63) is 28.2 Å². The lowest BCUT2D eigenvalue weighted by Gasteiger charge is -2.17. The summed E-state index contributed by atoms with van der Waals surface area (Å²) in [5.74, 6) is 0.362. The summed E-state index contributed by atoms with van der Waals surface area (Å²) in [5, 5.41) is 0.976. The number of hydrogen-bond donors (Lipinski definition) is 0. The number of amides is 1. The van der Waals surface area contributed by atoms with Crippen LogP contribution >= 0.6 is 23.2 Å². The van der Waals surface area contributed by atoms with Crippen LogP contribution in [0.4, 0.5) is 0 Å². The predicted molar refractivity (Wildman–Crippen MR) is 74.5 cm³/mol. The van der Waals surface area contributed by atoms with E-state index in [1.165, 1.54) is 0 Å². The molecule has 0 aliphatic rings. The van der Waals surface area contributed by atoms with Crippen LogP contribution < -0.4 is 4.74 Å². The Kier molecular flexibility index (Phi) is 6.30. The molecule has 0 heterocycles. The van der Waals surface area contributed by atoms with E-state index in [0.29, 0.717) is 15.8 Å². The number of halogens is 2. The van der Waals surface area contributed by atoms with Crippen LogP contribution in [0.25, 0.3) is 0 Å². The highest BCUT2D eigenvalue weighted by Crippen LogP contribution is 2.27. The minimum Gasteiger partial charge on any atom is -0.482 e. The van der Waals surface area contributed by atoms with Gasteiger partial charge in [-0.2, -0.15) is 0 Å². The first-order valence-corrected chi connectivity index (χ1v) is 6.62. The molecule has 0 saturated carbocycles. The summed E-state index contributed by atoms with van der Waals surface area (Å²) in [5.41, 5.74) is 0. The SMILES string of the molecule is CCCCN(C)C(=O)COc1cc(Cl)ccc1Cl. The zero-order valence-corrected chi connectivity index (χ0v) is 12.1. The molecule has 1 rings (SSSR count). The molecule has 5 heteroatoms. The Hall–Kier alpha value is -0.930. The van der Waals surface area contributed by atoms with Crippen molar-refractivity contribution < 1.29 is 9.53 Å². The highest BCUT2D eigenvalue weighted by molar-refractivity contribution is 6.34. The average Bonchev–Trinajstić information content (AvgIpc) is 2.36. The Labute approximate surface area is 118 Å². The van der Waals surface area contributed by atoms with Crippen molar-refractivity contribution in [3.8, 4) is 5.75 Å². The summed E-state index contributed by atoms with van der Waals surface area (Å²) < 4.78 is 5.37. The largest absolute Gasteiger partial charge is 0.482 e. The molecule has 1 aromatic rings. The van der Waals surface area contributed by atoms with Crippen LogP contribution in [0, 0.1) is 0 Å². The van der Waals surface area contributed by atoms with Crippen molar-refractivity contribution in [2.45, 2.75) is 19.8 Å². The molecule has 100 valence electrons. The Bertz CT molecular complexity index is 410. The molecule has 0 bridgehead atoms. The lowest BCUT2D eigenvalue weighted by molar-refractivity contribution is -0.132. The number of rotatable bonds is 6. The summed E-state index contributed by atoms with van der Waals surface area (Å²) in [4.78, 5) is 13.4. The Balaban J connectivity index is 2.49. The summed E-state index contributed by atoms with van der Waals surface area (Å²) in [6.45, 7) is 2.79. The predicted octanol–water partition coefficient (Wildman–Crippen LogP) is 3.63. The lowest BCUT2D eigenvalue weighted by Crippen LogP contribution is -2.32. The number of hydrogen-bond acceptors (Lipinski definition) is 2. The molecule has 0 radical (unpaired) electrons. The second kappa shape index (κ2) is 7.49. The number of likely N-dealkylation sites (N-methyl/N-ethyl adjacent to an activating group) is 1. The van der Waals surface area contributed by atoms with E-state index in [4.69, 9.17) is 27.9 Å². The Morgan fingerprint density at radius 3 is 2.78 bits per heavy atom. The molecule has 3 nitrogen and oxygen atoms in total. The number of carbonyl (C=O) groups is 1. The summed E-state index contributed by atoms with van der Waals surface area (Å²) in [6.07, 6.45) is 2.04. The van der Waals surface area contributed by atoms with Gasteiger partial charge in [0.05, 0.1) is 5.02 Å². The van der Waals surface area contributed by atoms with Gasteiger partial charge in [-0.05, 0) is 18.6 Å². The minimum atomic E-state index is -0.0699. The highest BCUT2D eigenvalue weighted by Gasteiger charge is 2.10. The average molecular weight is 290 g/mol. The highest BCUT2D eigenvalue weighted by atomic mass is 35.5. The monoisotopic (exact) mass is 289 g/mol. The van der Waals surface area contributed by atoms with Gasteiger partial charge in [0.25, 0.3) is 5.91 Å². The van der Waals surface area contributed by atoms with Crippen LogP contribution in [-0.4, -0.2) is 31.0 Å². The lowest BCUT2D eigenvalue weighted by atomic mass is 10.3. The Morgan fingerprint density at radius 1 is 1.39 bits per heavy atom. The summed E-state index contributed by atoms with van der Waals surface area (Å²) >= 11 is 11.8. The number of benzene rings is 1. The fourth-order valence-electron chi connectivity index (χ4n) is 1.36. The minimum absolute atomic E-state index is 0.0275. The van der Waals surface area contributed by atoms with Crippen molar-refractivity contribution in [2.24, 2.45) is 0 Å². The van der Waals surface area contributed by atoms with Crippen LogP contribution in [0.1, 0.15) is 19.8 Å². The number of unbranched alkanes of at least 4 members (excludes halogenated alkanes) is 1. The fraction of sp³-hybridized carbons (Fsp3) is 0.462. The van der Waals surface area contributed by atoms with E-state index in [-0.39, 0.29) is 12.5 Å². The van der Waals surface area contributed by atoms with Gasteiger partial charge >= 0.3 is 0 Å². The second-order valence-electron chi connectivity index (χ2n) is 4.03.